The van der Waals surface area contributed by atoms with Crippen LogP contribution in [-0.2, 0) is 11.3 Å². The maximum absolute atomic E-state index is 13.0. The Labute approximate surface area is 114 Å². The summed E-state index contributed by atoms with van der Waals surface area (Å²) in [6.07, 6.45) is -3.06. The zero-order chi connectivity index (χ0) is 14.6. The molecule has 0 radical (unpaired) electrons. The smallest absolute Gasteiger partial charge is 0.346 e. The number of benzene rings is 1. The van der Waals surface area contributed by atoms with E-state index in [1.165, 1.54) is 10.6 Å². The lowest BCUT2D eigenvalue weighted by atomic mass is 10.0. The second kappa shape index (κ2) is 5.94. The van der Waals surface area contributed by atoms with Crippen molar-refractivity contribution in [1.29, 1.82) is 0 Å². The summed E-state index contributed by atoms with van der Waals surface area (Å²) in [5.41, 5.74) is 1.03. The van der Waals surface area contributed by atoms with Gasteiger partial charge in [0.15, 0.2) is 0 Å². The van der Waals surface area contributed by atoms with Crippen molar-refractivity contribution in [3.05, 3.63) is 59.9 Å². The third kappa shape index (κ3) is 3.29. The Morgan fingerprint density at radius 1 is 1.10 bits per heavy atom. The molecule has 0 aliphatic rings. The highest BCUT2D eigenvalue weighted by Gasteiger charge is 2.41. The highest BCUT2D eigenvalue weighted by atomic mass is 19.4. The average molecular weight is 281 g/mol. The SMILES string of the molecule is O=CCC(c1cccn1Cc1ccccc1)C(F)(F)F. The first-order valence-corrected chi connectivity index (χ1v) is 6.21. The number of carbonyl (C=O) groups is 1. The summed E-state index contributed by atoms with van der Waals surface area (Å²) in [4.78, 5) is 10.5. The first-order valence-electron chi connectivity index (χ1n) is 6.21. The van der Waals surface area contributed by atoms with Crippen LogP contribution in [0.1, 0.15) is 23.6 Å². The molecule has 0 saturated carbocycles. The van der Waals surface area contributed by atoms with Gasteiger partial charge in [0.2, 0.25) is 0 Å². The highest BCUT2D eigenvalue weighted by Crippen LogP contribution is 2.37. The number of rotatable bonds is 5. The average Bonchev–Trinajstić information content (AvgIpc) is 2.83. The number of halogens is 3. The highest BCUT2D eigenvalue weighted by molar-refractivity contribution is 5.51. The lowest BCUT2D eigenvalue weighted by molar-refractivity contribution is -0.155. The summed E-state index contributed by atoms with van der Waals surface area (Å²) in [5.74, 6) is -1.75. The van der Waals surface area contributed by atoms with Crippen molar-refractivity contribution < 1.29 is 18.0 Å². The van der Waals surface area contributed by atoms with E-state index in [2.05, 4.69) is 0 Å². The molecule has 2 nitrogen and oxygen atoms in total. The molecule has 0 amide bonds. The third-order valence-corrected chi connectivity index (χ3v) is 3.14. The number of hydrogen-bond donors (Lipinski definition) is 0. The molecule has 1 aromatic heterocycles. The number of aldehydes is 1. The number of carbonyl (C=O) groups excluding carboxylic acids is 1. The predicted molar refractivity (Wildman–Crippen MR) is 69.5 cm³/mol. The molecule has 0 bridgehead atoms. The van der Waals surface area contributed by atoms with Gasteiger partial charge in [0.25, 0.3) is 0 Å². The Morgan fingerprint density at radius 2 is 1.80 bits per heavy atom. The number of alkyl halides is 3. The number of nitrogens with zero attached hydrogens (tertiary/aromatic N) is 1. The van der Waals surface area contributed by atoms with Crippen molar-refractivity contribution in [3.63, 3.8) is 0 Å². The van der Waals surface area contributed by atoms with E-state index in [4.69, 9.17) is 0 Å². The van der Waals surface area contributed by atoms with Crippen LogP contribution in [0.2, 0.25) is 0 Å². The molecule has 5 heteroatoms. The van der Waals surface area contributed by atoms with Gasteiger partial charge in [0.1, 0.15) is 12.2 Å². The minimum atomic E-state index is -4.42. The standard InChI is InChI=1S/C15H14F3NO/c16-15(17,18)13(8-10-20)14-7-4-9-19(14)11-12-5-2-1-3-6-12/h1-7,9-10,13H,8,11H2. The van der Waals surface area contributed by atoms with Crippen LogP contribution in [0.3, 0.4) is 0 Å². The fourth-order valence-electron chi connectivity index (χ4n) is 2.19. The van der Waals surface area contributed by atoms with Crippen LogP contribution < -0.4 is 0 Å². The second-order valence-corrected chi connectivity index (χ2v) is 4.54. The Kier molecular flexibility index (Phi) is 4.27. The Bertz CT molecular complexity index is 560. The summed E-state index contributed by atoms with van der Waals surface area (Å²) in [7, 11) is 0. The van der Waals surface area contributed by atoms with Gasteiger partial charge in [-0.25, -0.2) is 0 Å². The van der Waals surface area contributed by atoms with Gasteiger partial charge in [0.05, 0.1) is 0 Å². The van der Waals surface area contributed by atoms with Gasteiger partial charge in [-0.3, -0.25) is 0 Å². The molecule has 2 aromatic rings. The van der Waals surface area contributed by atoms with Gasteiger partial charge in [-0.05, 0) is 17.7 Å². The fourth-order valence-corrected chi connectivity index (χ4v) is 2.19. The minimum Gasteiger partial charge on any atom is -0.346 e. The van der Waals surface area contributed by atoms with Crippen LogP contribution >= 0.6 is 0 Å². The Balaban J connectivity index is 2.29. The van der Waals surface area contributed by atoms with Crippen LogP contribution in [0.25, 0.3) is 0 Å². The van der Waals surface area contributed by atoms with Crippen LogP contribution in [0.4, 0.5) is 13.2 Å². The molecule has 0 fully saturated rings. The third-order valence-electron chi connectivity index (χ3n) is 3.14. The maximum atomic E-state index is 13.0. The van der Waals surface area contributed by atoms with Crippen molar-refractivity contribution in [1.82, 2.24) is 4.57 Å². The molecule has 1 atom stereocenters. The van der Waals surface area contributed by atoms with Gasteiger partial charge >= 0.3 is 6.18 Å². The maximum Gasteiger partial charge on any atom is 0.397 e. The molecule has 1 heterocycles. The van der Waals surface area contributed by atoms with E-state index in [9.17, 15) is 18.0 Å². The topological polar surface area (TPSA) is 22.0 Å². The monoisotopic (exact) mass is 281 g/mol. The van der Waals surface area contributed by atoms with Gasteiger partial charge in [-0.2, -0.15) is 13.2 Å². The first kappa shape index (κ1) is 14.4. The largest absolute Gasteiger partial charge is 0.397 e. The lowest BCUT2D eigenvalue weighted by Crippen LogP contribution is -2.24. The van der Waals surface area contributed by atoms with E-state index in [1.807, 2.05) is 30.3 Å². The van der Waals surface area contributed by atoms with Gasteiger partial charge < -0.3 is 9.36 Å². The van der Waals surface area contributed by atoms with E-state index in [1.54, 1.807) is 12.3 Å². The molecule has 0 aliphatic carbocycles. The molecule has 20 heavy (non-hydrogen) atoms. The molecule has 0 spiro atoms. The molecule has 2 rings (SSSR count). The normalized spacial score (nSPS) is 13.2. The molecule has 1 aromatic carbocycles. The summed E-state index contributed by atoms with van der Waals surface area (Å²) in [6.45, 7) is 0.356. The van der Waals surface area contributed by atoms with E-state index < -0.39 is 18.5 Å². The summed E-state index contributed by atoms with van der Waals surface area (Å²) in [5, 5.41) is 0. The zero-order valence-electron chi connectivity index (χ0n) is 10.7. The van der Waals surface area contributed by atoms with Crippen molar-refractivity contribution in [2.45, 2.75) is 25.1 Å². The van der Waals surface area contributed by atoms with Crippen molar-refractivity contribution in [3.8, 4) is 0 Å². The van der Waals surface area contributed by atoms with Gasteiger partial charge in [-0.15, -0.1) is 0 Å². The fraction of sp³-hybridized carbons (Fsp3) is 0.267. The lowest BCUT2D eigenvalue weighted by Gasteiger charge is -2.20. The molecule has 0 aliphatic heterocycles. The van der Waals surface area contributed by atoms with E-state index in [-0.39, 0.29) is 5.69 Å². The zero-order valence-corrected chi connectivity index (χ0v) is 10.7. The predicted octanol–water partition coefficient (Wildman–Crippen LogP) is 3.77. The molecular formula is C15H14F3NO. The van der Waals surface area contributed by atoms with E-state index in [0.717, 1.165) is 5.56 Å². The van der Waals surface area contributed by atoms with Crippen molar-refractivity contribution >= 4 is 6.29 Å². The Morgan fingerprint density at radius 3 is 2.40 bits per heavy atom. The quantitative estimate of drug-likeness (QED) is 0.765. The minimum absolute atomic E-state index is 0.119. The summed E-state index contributed by atoms with van der Waals surface area (Å²) >= 11 is 0. The van der Waals surface area contributed by atoms with Gasteiger partial charge in [0, 0.05) is 24.9 Å². The second-order valence-electron chi connectivity index (χ2n) is 4.54. The molecule has 0 N–H and O–H groups in total. The van der Waals surface area contributed by atoms with Crippen molar-refractivity contribution in [2.75, 3.05) is 0 Å². The molecular weight excluding hydrogens is 267 g/mol. The van der Waals surface area contributed by atoms with Crippen LogP contribution in [0.5, 0.6) is 0 Å². The van der Waals surface area contributed by atoms with Crippen LogP contribution in [0.15, 0.2) is 48.7 Å². The van der Waals surface area contributed by atoms with E-state index >= 15 is 0 Å². The molecule has 0 saturated heterocycles. The van der Waals surface area contributed by atoms with E-state index in [0.29, 0.717) is 12.8 Å². The first-order chi connectivity index (χ1) is 9.52. The van der Waals surface area contributed by atoms with Crippen LogP contribution in [-0.4, -0.2) is 17.0 Å². The van der Waals surface area contributed by atoms with Crippen LogP contribution in [0, 0.1) is 0 Å². The molecule has 1 unspecified atom stereocenters. The summed E-state index contributed by atoms with van der Waals surface area (Å²) < 4.78 is 40.6. The Hall–Kier alpha value is -2.04. The summed E-state index contributed by atoms with van der Waals surface area (Å²) in [6, 6.07) is 12.2. The number of hydrogen-bond acceptors (Lipinski definition) is 1. The van der Waals surface area contributed by atoms with Crippen molar-refractivity contribution in [2.24, 2.45) is 0 Å². The van der Waals surface area contributed by atoms with Gasteiger partial charge in [-0.1, -0.05) is 30.3 Å². The molecule has 106 valence electrons. The number of aromatic nitrogens is 1.